The first kappa shape index (κ1) is 38.5. The van der Waals surface area contributed by atoms with Gasteiger partial charge < -0.3 is 5.11 Å². The van der Waals surface area contributed by atoms with Gasteiger partial charge in [0.2, 0.25) is 6.29 Å². The molecule has 3 atom stereocenters. The van der Waals surface area contributed by atoms with E-state index in [1.165, 1.54) is 0 Å². The Balaban J connectivity index is 0. The summed E-state index contributed by atoms with van der Waals surface area (Å²) in [5.74, 6) is -1.90. The minimum Gasteiger partial charge on any atom is -0.481 e. The quantitative estimate of drug-likeness (QED) is 0.0587. The molecule has 0 fully saturated rings. The molecule has 0 spiro atoms. The standard InChI is InChI=1S/C22H42O6.C8H16O2/c1-6-11-14-17-20(25-27-21(23)18(9-4)15-12-7-2)26-28-22(24)19(10-5)16-13-8-3;1-3-5-6-7(4-2)8(9)10/h18-20H,6-17H2,1-5H3;7H,3-6H2,1-2H3,(H,9,10). The second-order valence-corrected chi connectivity index (χ2v) is 10.0. The van der Waals surface area contributed by atoms with Crippen molar-refractivity contribution in [1.82, 2.24) is 0 Å². The molecule has 0 aromatic heterocycles. The molecule has 8 nitrogen and oxygen atoms in total. The number of unbranched alkanes of at least 4 members (excludes halogenated alkanes) is 5. The Bertz CT molecular complexity index is 549. The van der Waals surface area contributed by atoms with Gasteiger partial charge in [0.1, 0.15) is 0 Å². The van der Waals surface area contributed by atoms with E-state index in [2.05, 4.69) is 27.7 Å². The zero-order valence-electron chi connectivity index (χ0n) is 25.4. The lowest BCUT2D eigenvalue weighted by molar-refractivity contribution is -0.432. The maximum absolute atomic E-state index is 12.2. The monoisotopic (exact) mass is 546 g/mol. The van der Waals surface area contributed by atoms with Crippen LogP contribution in [-0.4, -0.2) is 29.3 Å². The smallest absolute Gasteiger partial charge is 0.345 e. The summed E-state index contributed by atoms with van der Waals surface area (Å²) in [6.45, 7) is 14.2. The van der Waals surface area contributed by atoms with E-state index in [-0.39, 0.29) is 29.7 Å². The summed E-state index contributed by atoms with van der Waals surface area (Å²) in [4.78, 5) is 55.3. The molecule has 0 bridgehead atoms. The van der Waals surface area contributed by atoms with Crippen molar-refractivity contribution in [2.24, 2.45) is 17.8 Å². The number of carbonyl (C=O) groups excluding carboxylic acids is 2. The van der Waals surface area contributed by atoms with Crippen molar-refractivity contribution in [1.29, 1.82) is 0 Å². The largest absolute Gasteiger partial charge is 0.481 e. The van der Waals surface area contributed by atoms with Gasteiger partial charge >= 0.3 is 17.9 Å². The third kappa shape index (κ3) is 20.3. The topological polar surface area (TPSA) is 108 Å². The van der Waals surface area contributed by atoms with E-state index in [1.807, 2.05) is 20.8 Å². The Morgan fingerprint density at radius 1 is 0.526 bits per heavy atom. The number of rotatable bonds is 23. The molecular weight excluding hydrogens is 488 g/mol. The molecule has 0 heterocycles. The summed E-state index contributed by atoms with van der Waals surface area (Å²) in [5.41, 5.74) is 0. The van der Waals surface area contributed by atoms with Crippen LogP contribution in [0.4, 0.5) is 0 Å². The molecule has 3 unspecified atom stereocenters. The Kier molecular flexibility index (Phi) is 27.3. The summed E-state index contributed by atoms with van der Waals surface area (Å²) in [7, 11) is 0. The van der Waals surface area contributed by atoms with Crippen LogP contribution >= 0.6 is 0 Å². The van der Waals surface area contributed by atoms with E-state index in [4.69, 9.17) is 24.7 Å². The molecular formula is C30H58O8. The average Bonchev–Trinajstić information content (AvgIpc) is 2.91. The Labute approximate surface area is 232 Å². The highest BCUT2D eigenvalue weighted by molar-refractivity contribution is 5.72. The second kappa shape index (κ2) is 26.9. The van der Waals surface area contributed by atoms with Crippen LogP contribution in [0.3, 0.4) is 0 Å². The average molecular weight is 547 g/mol. The number of carboxylic acid groups (broad SMARTS) is 1. The number of carboxylic acids is 1. The van der Waals surface area contributed by atoms with Crippen molar-refractivity contribution >= 4 is 17.9 Å². The van der Waals surface area contributed by atoms with Crippen molar-refractivity contribution in [2.45, 2.75) is 157 Å². The third-order valence-corrected chi connectivity index (χ3v) is 6.73. The highest BCUT2D eigenvalue weighted by atomic mass is 17.3. The highest BCUT2D eigenvalue weighted by Gasteiger charge is 2.24. The Morgan fingerprint density at radius 3 is 1.21 bits per heavy atom. The molecule has 8 heteroatoms. The van der Waals surface area contributed by atoms with E-state index in [0.29, 0.717) is 19.3 Å². The van der Waals surface area contributed by atoms with Crippen molar-refractivity contribution in [3.8, 4) is 0 Å². The lowest BCUT2D eigenvalue weighted by Crippen LogP contribution is -2.26. The van der Waals surface area contributed by atoms with Gasteiger partial charge in [0.05, 0.1) is 17.8 Å². The molecule has 226 valence electrons. The summed E-state index contributed by atoms with van der Waals surface area (Å²) < 4.78 is 0. The van der Waals surface area contributed by atoms with Crippen LogP contribution < -0.4 is 0 Å². The fraction of sp³-hybridized carbons (Fsp3) is 0.900. The first-order valence-corrected chi connectivity index (χ1v) is 15.2. The zero-order valence-corrected chi connectivity index (χ0v) is 25.4. The van der Waals surface area contributed by atoms with E-state index < -0.39 is 12.3 Å². The second-order valence-electron chi connectivity index (χ2n) is 10.0. The fourth-order valence-corrected chi connectivity index (χ4v) is 3.84. The first-order valence-electron chi connectivity index (χ1n) is 15.2. The lowest BCUT2D eigenvalue weighted by atomic mass is 10.00. The number of hydrogen-bond donors (Lipinski definition) is 1. The molecule has 0 saturated carbocycles. The molecule has 0 rings (SSSR count). The predicted molar refractivity (Wildman–Crippen MR) is 150 cm³/mol. The van der Waals surface area contributed by atoms with E-state index in [9.17, 15) is 14.4 Å². The molecule has 0 aliphatic heterocycles. The molecule has 0 amide bonds. The molecule has 0 saturated heterocycles. The van der Waals surface area contributed by atoms with Crippen LogP contribution in [0.25, 0.3) is 0 Å². The maximum atomic E-state index is 12.2. The summed E-state index contributed by atoms with van der Waals surface area (Å²) in [6.07, 6.45) is 13.1. The fourth-order valence-electron chi connectivity index (χ4n) is 3.84. The molecule has 0 aromatic rings. The van der Waals surface area contributed by atoms with Crippen LogP contribution in [0.2, 0.25) is 0 Å². The number of carbonyl (C=O) groups is 3. The minimum atomic E-state index is -0.896. The zero-order chi connectivity index (χ0) is 29.2. The highest BCUT2D eigenvalue weighted by Crippen LogP contribution is 2.19. The van der Waals surface area contributed by atoms with Gasteiger partial charge in [0, 0.05) is 6.42 Å². The SMILES string of the molecule is CCCCC(CC)C(=O)O.CCCCCC(OOC(=O)C(CC)CCCC)OOC(=O)C(CC)CCCC. The van der Waals surface area contributed by atoms with Crippen LogP contribution in [0.15, 0.2) is 0 Å². The van der Waals surface area contributed by atoms with Gasteiger partial charge in [0.25, 0.3) is 0 Å². The predicted octanol–water partition coefficient (Wildman–Crippen LogP) is 8.56. The van der Waals surface area contributed by atoms with Crippen molar-refractivity contribution in [3.63, 3.8) is 0 Å². The van der Waals surface area contributed by atoms with Gasteiger partial charge in [0.15, 0.2) is 0 Å². The molecule has 0 aliphatic rings. The lowest BCUT2D eigenvalue weighted by Gasteiger charge is -2.19. The van der Waals surface area contributed by atoms with E-state index in [0.717, 1.165) is 83.5 Å². The summed E-state index contributed by atoms with van der Waals surface area (Å²) >= 11 is 0. The van der Waals surface area contributed by atoms with Crippen LogP contribution in [0.1, 0.15) is 151 Å². The molecule has 0 aliphatic carbocycles. The number of aliphatic carboxylic acids is 1. The maximum Gasteiger partial charge on any atom is 0.345 e. The molecule has 0 aromatic carbocycles. The van der Waals surface area contributed by atoms with Gasteiger partial charge in [-0.2, -0.15) is 0 Å². The van der Waals surface area contributed by atoms with Crippen LogP contribution in [-0.2, 0) is 33.9 Å². The molecule has 1 N–H and O–H groups in total. The van der Waals surface area contributed by atoms with E-state index in [1.54, 1.807) is 0 Å². The molecule has 0 radical (unpaired) electrons. The van der Waals surface area contributed by atoms with Crippen molar-refractivity contribution in [3.05, 3.63) is 0 Å². The van der Waals surface area contributed by atoms with Crippen molar-refractivity contribution in [2.75, 3.05) is 0 Å². The van der Waals surface area contributed by atoms with Gasteiger partial charge in [-0.3, -0.25) is 14.6 Å². The van der Waals surface area contributed by atoms with Gasteiger partial charge in [-0.15, -0.1) is 9.78 Å². The molecule has 38 heavy (non-hydrogen) atoms. The third-order valence-electron chi connectivity index (χ3n) is 6.73. The Morgan fingerprint density at radius 2 is 0.895 bits per heavy atom. The van der Waals surface area contributed by atoms with Crippen LogP contribution in [0.5, 0.6) is 0 Å². The van der Waals surface area contributed by atoms with Gasteiger partial charge in [-0.05, 0) is 44.9 Å². The Hall–Kier alpha value is -1.67. The number of hydrogen-bond acceptors (Lipinski definition) is 7. The summed E-state index contributed by atoms with van der Waals surface area (Å²) in [6, 6.07) is 0. The van der Waals surface area contributed by atoms with E-state index >= 15 is 0 Å². The van der Waals surface area contributed by atoms with Crippen molar-refractivity contribution < 1.29 is 39.0 Å². The first-order chi connectivity index (χ1) is 18.2. The van der Waals surface area contributed by atoms with Gasteiger partial charge in [-0.1, -0.05) is 99.8 Å². The van der Waals surface area contributed by atoms with Gasteiger partial charge in [-0.25, -0.2) is 9.59 Å². The van der Waals surface area contributed by atoms with Crippen LogP contribution in [0, 0.1) is 17.8 Å². The summed E-state index contributed by atoms with van der Waals surface area (Å²) in [5, 5.41) is 8.60. The normalized spacial score (nSPS) is 14.0. The minimum absolute atomic E-state index is 0.111.